The van der Waals surface area contributed by atoms with E-state index in [-0.39, 0.29) is 24.4 Å². The molecule has 8 heteroatoms. The Hall–Kier alpha value is -2.48. The van der Waals surface area contributed by atoms with Crippen LogP contribution in [0.15, 0.2) is 18.6 Å². The molecule has 0 bridgehead atoms. The third-order valence-electron chi connectivity index (χ3n) is 5.45. The standard InChI is InChI=1S/C19H25N5O3/c1-13-9-20-16-15(10-21-24(16)11-13)17(25)23-7-8-27-19(2,12-23)18(26)22-14-5-3-4-6-14/h9-11,14H,3-8,12H2,1-2H3,(H,22,26)/t19-/m1/s1. The average molecular weight is 371 g/mol. The van der Waals surface area contributed by atoms with Gasteiger partial charge in [-0.2, -0.15) is 5.10 Å². The molecule has 1 saturated heterocycles. The van der Waals surface area contributed by atoms with Crippen molar-refractivity contribution < 1.29 is 14.3 Å². The molecule has 1 aliphatic heterocycles. The first-order chi connectivity index (χ1) is 13.0. The molecule has 2 amide bonds. The number of carbonyl (C=O) groups excluding carboxylic acids is 2. The minimum atomic E-state index is -1.04. The minimum Gasteiger partial charge on any atom is -0.362 e. The maximum atomic E-state index is 13.1. The van der Waals surface area contributed by atoms with Gasteiger partial charge in [-0.3, -0.25) is 9.59 Å². The smallest absolute Gasteiger partial charge is 0.259 e. The van der Waals surface area contributed by atoms with E-state index >= 15 is 0 Å². The summed E-state index contributed by atoms with van der Waals surface area (Å²) in [6.45, 7) is 4.66. The summed E-state index contributed by atoms with van der Waals surface area (Å²) in [4.78, 5) is 31.8. The van der Waals surface area contributed by atoms with Gasteiger partial charge in [0, 0.05) is 25.0 Å². The van der Waals surface area contributed by atoms with E-state index in [2.05, 4.69) is 15.4 Å². The molecular formula is C19H25N5O3. The molecule has 144 valence electrons. The van der Waals surface area contributed by atoms with E-state index < -0.39 is 5.60 Å². The summed E-state index contributed by atoms with van der Waals surface area (Å²) in [7, 11) is 0. The summed E-state index contributed by atoms with van der Waals surface area (Å²) < 4.78 is 7.40. The van der Waals surface area contributed by atoms with E-state index in [1.807, 2.05) is 13.1 Å². The van der Waals surface area contributed by atoms with Crippen LogP contribution >= 0.6 is 0 Å². The summed E-state index contributed by atoms with van der Waals surface area (Å²) in [5.41, 5.74) is 0.889. The Labute approximate surface area is 157 Å². The second-order valence-electron chi connectivity index (χ2n) is 7.72. The molecule has 2 aromatic rings. The minimum absolute atomic E-state index is 0.138. The maximum Gasteiger partial charge on any atom is 0.259 e. The summed E-state index contributed by atoms with van der Waals surface area (Å²) >= 11 is 0. The van der Waals surface area contributed by atoms with E-state index in [1.165, 1.54) is 6.20 Å². The molecule has 1 aliphatic carbocycles. The maximum absolute atomic E-state index is 13.1. The molecule has 2 aromatic heterocycles. The van der Waals surface area contributed by atoms with Crippen LogP contribution in [0.2, 0.25) is 0 Å². The number of aromatic nitrogens is 3. The molecule has 0 radical (unpaired) electrons. The third kappa shape index (κ3) is 3.41. The second kappa shape index (κ2) is 6.92. The lowest BCUT2D eigenvalue weighted by molar-refractivity contribution is -0.154. The number of nitrogens with one attached hydrogen (secondary N) is 1. The number of carbonyl (C=O) groups is 2. The van der Waals surface area contributed by atoms with E-state index in [9.17, 15) is 9.59 Å². The van der Waals surface area contributed by atoms with Gasteiger partial charge >= 0.3 is 0 Å². The third-order valence-corrected chi connectivity index (χ3v) is 5.45. The number of rotatable bonds is 3. The zero-order valence-corrected chi connectivity index (χ0v) is 15.8. The van der Waals surface area contributed by atoms with E-state index in [0.29, 0.717) is 24.4 Å². The van der Waals surface area contributed by atoms with Crippen LogP contribution < -0.4 is 5.32 Å². The van der Waals surface area contributed by atoms with Crippen LogP contribution in [-0.4, -0.2) is 62.7 Å². The normalized spacial score (nSPS) is 23.7. The summed E-state index contributed by atoms with van der Waals surface area (Å²) in [6, 6.07) is 0.219. The summed E-state index contributed by atoms with van der Waals surface area (Å²) in [5.74, 6) is -0.315. The molecule has 8 nitrogen and oxygen atoms in total. The van der Waals surface area contributed by atoms with Crippen molar-refractivity contribution in [3.63, 3.8) is 0 Å². The quantitative estimate of drug-likeness (QED) is 0.879. The number of aryl methyl sites for hydroxylation is 1. The Balaban J connectivity index is 1.51. The highest BCUT2D eigenvalue weighted by atomic mass is 16.5. The van der Waals surface area contributed by atoms with Crippen LogP contribution in [0.4, 0.5) is 0 Å². The first-order valence-corrected chi connectivity index (χ1v) is 9.50. The SMILES string of the molecule is Cc1cnc2c(C(=O)N3CCO[C@@](C)(C(=O)NC4CCCC4)C3)cnn2c1. The second-order valence-corrected chi connectivity index (χ2v) is 7.72. The lowest BCUT2D eigenvalue weighted by Crippen LogP contribution is -2.60. The molecule has 1 atom stereocenters. The predicted molar refractivity (Wildman–Crippen MR) is 98.4 cm³/mol. The number of nitrogens with zero attached hydrogens (tertiary/aromatic N) is 4. The van der Waals surface area contributed by atoms with Gasteiger partial charge in [0.2, 0.25) is 0 Å². The zero-order chi connectivity index (χ0) is 19.0. The molecule has 4 rings (SSSR count). The van der Waals surface area contributed by atoms with Crippen molar-refractivity contribution in [2.75, 3.05) is 19.7 Å². The lowest BCUT2D eigenvalue weighted by atomic mass is 10.0. The summed E-state index contributed by atoms with van der Waals surface area (Å²) in [5, 5.41) is 7.32. The van der Waals surface area contributed by atoms with E-state index in [0.717, 1.165) is 31.2 Å². The van der Waals surface area contributed by atoms with Crippen molar-refractivity contribution in [2.24, 2.45) is 0 Å². The van der Waals surface area contributed by atoms with Crippen LogP contribution in [0.25, 0.3) is 5.65 Å². The van der Waals surface area contributed by atoms with Gasteiger partial charge in [0.25, 0.3) is 11.8 Å². The van der Waals surface area contributed by atoms with Crippen molar-refractivity contribution in [2.45, 2.75) is 51.2 Å². The van der Waals surface area contributed by atoms with Gasteiger partial charge in [-0.15, -0.1) is 0 Å². The number of amides is 2. The van der Waals surface area contributed by atoms with Crippen LogP contribution in [0.3, 0.4) is 0 Å². The van der Waals surface area contributed by atoms with Crippen molar-refractivity contribution in [3.05, 3.63) is 29.7 Å². The molecule has 0 aromatic carbocycles. The Bertz CT molecular complexity index is 873. The molecule has 0 unspecified atom stereocenters. The fourth-order valence-electron chi connectivity index (χ4n) is 3.88. The number of hydrogen-bond donors (Lipinski definition) is 1. The first-order valence-electron chi connectivity index (χ1n) is 9.50. The van der Waals surface area contributed by atoms with Crippen molar-refractivity contribution in [3.8, 4) is 0 Å². The highest BCUT2D eigenvalue weighted by Gasteiger charge is 2.42. The topological polar surface area (TPSA) is 88.8 Å². The van der Waals surface area contributed by atoms with Crippen molar-refractivity contribution >= 4 is 17.5 Å². The van der Waals surface area contributed by atoms with Gasteiger partial charge in [-0.1, -0.05) is 12.8 Å². The van der Waals surface area contributed by atoms with Gasteiger partial charge in [0.15, 0.2) is 11.2 Å². The van der Waals surface area contributed by atoms with Gasteiger partial charge < -0.3 is 15.0 Å². The zero-order valence-electron chi connectivity index (χ0n) is 15.8. The monoisotopic (exact) mass is 371 g/mol. The van der Waals surface area contributed by atoms with Gasteiger partial charge in [-0.25, -0.2) is 9.50 Å². The molecular weight excluding hydrogens is 346 g/mol. The number of fused-ring (bicyclic) bond motifs is 1. The number of morpholine rings is 1. The van der Waals surface area contributed by atoms with Crippen LogP contribution in [0, 0.1) is 6.92 Å². The summed E-state index contributed by atoms with van der Waals surface area (Å²) in [6.07, 6.45) is 9.40. The predicted octanol–water partition coefficient (Wildman–Crippen LogP) is 1.33. The molecule has 27 heavy (non-hydrogen) atoms. The molecule has 2 aliphatic rings. The van der Waals surface area contributed by atoms with Gasteiger partial charge in [-0.05, 0) is 32.3 Å². The molecule has 1 saturated carbocycles. The largest absolute Gasteiger partial charge is 0.362 e. The molecule has 2 fully saturated rings. The Morgan fingerprint density at radius 2 is 2.07 bits per heavy atom. The van der Waals surface area contributed by atoms with Crippen LogP contribution in [-0.2, 0) is 9.53 Å². The number of hydrogen-bond acceptors (Lipinski definition) is 5. The van der Waals surface area contributed by atoms with Crippen molar-refractivity contribution in [1.82, 2.24) is 24.8 Å². The van der Waals surface area contributed by atoms with Gasteiger partial charge in [0.05, 0.1) is 19.3 Å². The van der Waals surface area contributed by atoms with Crippen LogP contribution in [0.5, 0.6) is 0 Å². The Morgan fingerprint density at radius 1 is 1.30 bits per heavy atom. The fourth-order valence-corrected chi connectivity index (χ4v) is 3.88. The molecule has 3 heterocycles. The average Bonchev–Trinajstić information content (AvgIpc) is 3.30. The van der Waals surface area contributed by atoms with Crippen LogP contribution in [0.1, 0.15) is 48.5 Å². The molecule has 1 N–H and O–H groups in total. The Kier molecular flexibility index (Phi) is 4.59. The molecule has 0 spiro atoms. The first kappa shape index (κ1) is 17.9. The van der Waals surface area contributed by atoms with E-state index in [1.54, 1.807) is 22.5 Å². The number of ether oxygens (including phenoxy) is 1. The van der Waals surface area contributed by atoms with Gasteiger partial charge in [0.1, 0.15) is 5.56 Å². The lowest BCUT2D eigenvalue weighted by Gasteiger charge is -2.39. The highest BCUT2D eigenvalue weighted by molar-refractivity contribution is 6.00. The highest BCUT2D eigenvalue weighted by Crippen LogP contribution is 2.23. The van der Waals surface area contributed by atoms with E-state index in [4.69, 9.17) is 4.74 Å². The fraction of sp³-hybridized carbons (Fsp3) is 0.579. The Morgan fingerprint density at radius 3 is 2.85 bits per heavy atom. The van der Waals surface area contributed by atoms with Crippen molar-refractivity contribution in [1.29, 1.82) is 0 Å².